The number of para-hydroxylation sites is 8. The van der Waals surface area contributed by atoms with Crippen molar-refractivity contribution < 1.29 is 18.5 Å². The van der Waals surface area contributed by atoms with Gasteiger partial charge < -0.3 is 27.9 Å². The average molecular weight is 1970 g/mol. The van der Waals surface area contributed by atoms with Crippen LogP contribution in [0.2, 0.25) is 0 Å². The van der Waals surface area contributed by atoms with Gasteiger partial charge in [-0.1, -0.05) is 431 Å². The summed E-state index contributed by atoms with van der Waals surface area (Å²) in [6, 6.07) is 188. The molecule has 13 heteroatoms. The van der Waals surface area contributed by atoms with E-state index in [2.05, 4.69) is 542 Å². The predicted octanol–water partition coefficient (Wildman–Crippen LogP) is 27.5. The maximum atomic E-state index is 12.3. The average Bonchev–Trinajstić information content (AvgIpc) is 1.57. The molecular weight excluding hydrogens is 1880 g/mol. The van der Waals surface area contributed by atoms with Crippen molar-refractivity contribution >= 4 is 184 Å². The van der Waals surface area contributed by atoms with Crippen molar-refractivity contribution in [2.45, 2.75) is 6.42 Å². The van der Waals surface area contributed by atoms with Crippen molar-refractivity contribution in [2.75, 3.05) is 0 Å². The summed E-state index contributed by atoms with van der Waals surface area (Å²) in [6.45, 7) is 0. The van der Waals surface area contributed by atoms with Crippen LogP contribution in [-0.4, -0.2) is 47.1 Å². The molecule has 1 aliphatic rings. The molecule has 0 spiro atoms. The summed E-state index contributed by atoms with van der Waals surface area (Å²) < 4.78 is 40.6. The third-order valence-electron chi connectivity index (χ3n) is 27.2. The molecule has 1 radical (unpaired) electrons. The molecular formula is C127H90BBr2F2N4O2Si2. The summed E-state index contributed by atoms with van der Waals surface area (Å²) in [5.74, 6) is -0.523. The van der Waals surface area contributed by atoms with E-state index in [1.807, 2.05) is 18.2 Å². The molecule has 4 heterocycles. The van der Waals surface area contributed by atoms with Gasteiger partial charge in [-0.25, -0.2) is 8.78 Å². The SMILES string of the molecule is Brc1c(-n2c3ccccc3c3ccccc32)cccc1-n1c2ccccc2c2ccccc21.Fc1cccc(F)c1Br.O[B]Oc1cccc([Si](c2ccccc2)(c2ccccc2)c2ccccc2)c1.c1ccc([Si](c2ccccc2)(c2ccccc2)c2cccc(-c3c(-n4c5ccccc5c5ccccc54)cccc3-n3c4ccccc4c4ccccc43)c2)cc1.c1ccc2c(c1)Cc1ccccc1-2. The number of fused-ring (bicyclic) bond motifs is 15. The van der Waals surface area contributed by atoms with Crippen molar-refractivity contribution in [1.29, 1.82) is 0 Å². The Morgan fingerprint density at radius 3 is 0.764 bits per heavy atom. The molecule has 0 unspecified atom stereocenters. The highest BCUT2D eigenvalue weighted by molar-refractivity contribution is 9.11. The van der Waals surface area contributed by atoms with E-state index in [-0.39, 0.29) is 4.47 Å². The number of halogens is 4. The minimum absolute atomic E-state index is 0.106. The molecule has 26 rings (SSSR count). The van der Waals surface area contributed by atoms with Gasteiger partial charge in [0.25, 0.3) is 0 Å². The van der Waals surface area contributed by atoms with E-state index < -0.39 is 27.8 Å². The maximum Gasteiger partial charge on any atom is 0.569 e. The first-order valence-corrected chi connectivity index (χ1v) is 52.5. The molecule has 4 aromatic heterocycles. The Balaban J connectivity index is 0.000000114. The first-order chi connectivity index (χ1) is 69.2. The fraction of sp³-hybridized carbons (Fsp3) is 0.00787. The number of rotatable bonds is 15. The van der Waals surface area contributed by atoms with Gasteiger partial charge in [0.1, 0.15) is 11.6 Å². The van der Waals surface area contributed by atoms with Gasteiger partial charge >= 0.3 is 7.69 Å². The van der Waals surface area contributed by atoms with Crippen LogP contribution < -0.4 is 46.1 Å². The van der Waals surface area contributed by atoms with E-state index in [0.29, 0.717) is 5.75 Å². The Morgan fingerprint density at radius 2 is 0.464 bits per heavy atom. The van der Waals surface area contributed by atoms with E-state index in [4.69, 9.17) is 9.68 Å². The first kappa shape index (κ1) is 89.1. The molecule has 669 valence electrons. The minimum atomic E-state index is -2.82. The molecule has 1 N–H and O–H groups in total. The number of aromatic nitrogens is 4. The van der Waals surface area contributed by atoms with E-state index in [0.717, 1.165) is 41.3 Å². The van der Waals surface area contributed by atoms with Gasteiger partial charge in [-0.15, -0.1) is 0 Å². The van der Waals surface area contributed by atoms with Gasteiger partial charge in [-0.05, 0) is 205 Å². The normalized spacial score (nSPS) is 11.6. The summed E-state index contributed by atoms with van der Waals surface area (Å²) in [7, 11) is -4.62. The Kier molecular flexibility index (Phi) is 25.2. The van der Waals surface area contributed by atoms with Crippen LogP contribution in [-0.2, 0) is 6.42 Å². The Hall–Kier alpha value is -16.1. The zero-order chi connectivity index (χ0) is 94.5. The lowest BCUT2D eigenvalue weighted by Gasteiger charge is -2.34. The molecule has 6 nitrogen and oxygen atoms in total. The lowest BCUT2D eigenvalue weighted by molar-refractivity contribution is 0.454. The second kappa shape index (κ2) is 39.5. The third kappa shape index (κ3) is 16.3. The lowest BCUT2D eigenvalue weighted by Crippen LogP contribution is -2.74. The van der Waals surface area contributed by atoms with Gasteiger partial charge in [0.15, 0.2) is 16.1 Å². The van der Waals surface area contributed by atoms with Crippen molar-refractivity contribution in [2.24, 2.45) is 0 Å². The zero-order valence-corrected chi connectivity index (χ0v) is 81.3. The second-order valence-corrected chi connectivity index (χ2v) is 44.0. The van der Waals surface area contributed by atoms with Crippen LogP contribution in [0.15, 0.2) is 537 Å². The van der Waals surface area contributed by atoms with Crippen molar-refractivity contribution in [1.82, 2.24) is 18.3 Å². The monoisotopic (exact) mass is 1970 g/mol. The number of hydrogen-bond acceptors (Lipinski definition) is 2. The Bertz CT molecular complexity index is 8090. The first-order valence-electron chi connectivity index (χ1n) is 47.0. The molecule has 0 saturated heterocycles. The molecule has 0 fully saturated rings. The molecule has 25 aromatic rings. The van der Waals surface area contributed by atoms with Crippen LogP contribution in [0.5, 0.6) is 5.75 Å². The fourth-order valence-electron chi connectivity index (χ4n) is 21.2. The van der Waals surface area contributed by atoms with Gasteiger partial charge in [-0.3, -0.25) is 0 Å². The van der Waals surface area contributed by atoms with Crippen LogP contribution in [0.1, 0.15) is 11.1 Å². The maximum absolute atomic E-state index is 12.3. The molecule has 0 atom stereocenters. The van der Waals surface area contributed by atoms with Gasteiger partial charge in [-0.2, -0.15) is 0 Å². The quantitative estimate of drug-likeness (QED) is 0.0632. The number of nitrogens with zero attached hydrogens (tertiary/aromatic N) is 4. The Labute approximate surface area is 831 Å². The predicted molar refractivity (Wildman–Crippen MR) is 594 cm³/mol. The molecule has 21 aromatic carbocycles. The lowest BCUT2D eigenvalue weighted by atomic mass is 10.00. The van der Waals surface area contributed by atoms with E-state index in [9.17, 15) is 8.78 Å². The highest BCUT2D eigenvalue weighted by atomic mass is 79.9. The van der Waals surface area contributed by atoms with Crippen LogP contribution in [0.3, 0.4) is 0 Å². The molecule has 0 amide bonds. The third-order valence-corrected chi connectivity index (χ3v) is 38.3. The van der Waals surface area contributed by atoms with Crippen LogP contribution >= 0.6 is 31.9 Å². The number of benzene rings is 21. The van der Waals surface area contributed by atoms with E-state index in [1.165, 1.54) is 180 Å². The summed E-state index contributed by atoms with van der Waals surface area (Å²) in [5, 5.41) is 29.7. The van der Waals surface area contributed by atoms with Crippen LogP contribution in [0.25, 0.3) is 132 Å². The van der Waals surface area contributed by atoms with E-state index in [1.54, 1.807) is 0 Å². The largest absolute Gasteiger partial charge is 0.569 e. The highest BCUT2D eigenvalue weighted by Crippen LogP contribution is 2.45. The van der Waals surface area contributed by atoms with Gasteiger partial charge in [0.2, 0.25) is 0 Å². The molecule has 0 aliphatic heterocycles. The van der Waals surface area contributed by atoms with E-state index >= 15 is 0 Å². The highest BCUT2D eigenvalue weighted by Gasteiger charge is 2.43. The fourth-order valence-corrected chi connectivity index (χ4v) is 31.7. The minimum Gasteiger partial charge on any atom is -0.537 e. The van der Waals surface area contributed by atoms with Crippen molar-refractivity contribution in [3.05, 3.63) is 559 Å². The summed E-state index contributed by atoms with van der Waals surface area (Å²) >= 11 is 6.75. The van der Waals surface area contributed by atoms with Crippen LogP contribution in [0.4, 0.5) is 8.78 Å². The second-order valence-electron chi connectivity index (χ2n) is 34.8. The smallest absolute Gasteiger partial charge is 0.537 e. The molecule has 0 saturated carbocycles. The summed E-state index contributed by atoms with van der Waals surface area (Å²) in [5.41, 5.74) is 22.3. The standard InChI is InChI=1S/C54H38N2Si.C30H19BrN2.C24H20BO2Si.C13H10.C6H3BrF2/c1-4-21-40(22-5-1)57(41-23-6-2-7-24-41,42-25-8-3-9-26-42)43-27-18-20-39(38-43)54-52(55-48-32-14-10-28-44(48)45-29-11-15-33-49(45)55)36-19-37-53(54)56-50-34-16-12-30-46(50)47-31-13-17-35-51(47)56;31-30-28(32-24-14-5-1-10-20(24)21-11-2-6-15-25(21)32)18-9-19-29(30)33-26-16-7-3-12-22(26)23-13-4-8-17-27(23)33;26-25-27-20-11-10-18-24(19-20)28(21-12-4-1-5-13-21,22-14-6-2-7-15-22)23-16-8-3-9-17-23;1-3-7-12-10(5-1)9-11-6-2-4-8-13(11)12;7-6-4(8)2-1-3-5(6)9/h1-38H;1-19H;1-19,26H;1-8H,9H2;1-3H. The summed E-state index contributed by atoms with van der Waals surface area (Å²) in [4.78, 5) is 0. The summed E-state index contributed by atoms with van der Waals surface area (Å²) in [6.07, 6.45) is 1.10. The van der Waals surface area contributed by atoms with Crippen molar-refractivity contribution in [3.63, 3.8) is 0 Å². The van der Waals surface area contributed by atoms with Gasteiger partial charge in [0.05, 0.1) is 81.6 Å². The molecule has 140 heavy (non-hydrogen) atoms. The molecule has 0 bridgehead atoms. The molecule has 1 aliphatic carbocycles. The van der Waals surface area contributed by atoms with Crippen LogP contribution in [0, 0.1) is 11.6 Å². The van der Waals surface area contributed by atoms with Crippen molar-refractivity contribution in [3.8, 4) is 50.8 Å². The topological polar surface area (TPSA) is 49.2 Å². The van der Waals surface area contributed by atoms with Gasteiger partial charge in [0, 0.05) is 48.7 Å². The Morgan fingerprint density at radius 1 is 0.229 bits per heavy atom. The number of hydrogen-bond donors (Lipinski definition) is 1. The zero-order valence-electron chi connectivity index (χ0n) is 76.2.